The summed E-state index contributed by atoms with van der Waals surface area (Å²) in [6, 6.07) is 16.9. The Bertz CT molecular complexity index is 1910. The van der Waals surface area contributed by atoms with Gasteiger partial charge in [0.1, 0.15) is 0 Å². The summed E-state index contributed by atoms with van der Waals surface area (Å²) in [6.07, 6.45) is 0. The molecule has 0 saturated heterocycles. The van der Waals surface area contributed by atoms with E-state index in [0.29, 0.717) is 50.0 Å². The summed E-state index contributed by atoms with van der Waals surface area (Å²) in [5.74, 6) is -1.47. The van der Waals surface area contributed by atoms with E-state index in [1.54, 1.807) is 25.1 Å². The van der Waals surface area contributed by atoms with Crippen LogP contribution in [0.5, 0.6) is 0 Å². The molecule has 0 fully saturated rings. The highest BCUT2D eigenvalue weighted by atomic mass is 16.2. The molecule has 0 unspecified atom stereocenters. The smallest absolute Gasteiger partial charge is 0.266 e. The first-order valence-electron chi connectivity index (χ1n) is 15.9. The van der Waals surface area contributed by atoms with Gasteiger partial charge in [0.15, 0.2) is 0 Å². The van der Waals surface area contributed by atoms with Crippen molar-refractivity contribution in [2.24, 2.45) is 0 Å². The minimum absolute atomic E-state index is 0.0721. The molecule has 45 heavy (non-hydrogen) atoms. The molecule has 0 radical (unpaired) electrons. The molecule has 0 spiro atoms. The number of para-hydroxylation sites is 2. The van der Waals surface area contributed by atoms with E-state index in [9.17, 15) is 19.2 Å². The van der Waals surface area contributed by atoms with Crippen molar-refractivity contribution in [1.29, 1.82) is 0 Å². The van der Waals surface area contributed by atoms with Gasteiger partial charge in [0, 0.05) is 27.5 Å². The summed E-state index contributed by atoms with van der Waals surface area (Å²) in [4.78, 5) is 60.4. The molecule has 0 N–H and O–H groups in total. The number of rotatable bonds is 6. The molecular weight excluding hydrogens is 560 g/mol. The molecule has 2 heterocycles. The topological polar surface area (TPSA) is 74.8 Å². The van der Waals surface area contributed by atoms with Crippen molar-refractivity contribution in [2.45, 2.75) is 86.0 Å². The van der Waals surface area contributed by atoms with E-state index in [-0.39, 0.29) is 23.7 Å². The Balaban J connectivity index is 1.61. The first-order chi connectivity index (χ1) is 21.3. The van der Waals surface area contributed by atoms with E-state index < -0.39 is 23.6 Å². The fourth-order valence-electron chi connectivity index (χ4n) is 7.10. The Kier molecular flexibility index (Phi) is 7.30. The van der Waals surface area contributed by atoms with Gasteiger partial charge in [-0.2, -0.15) is 0 Å². The van der Waals surface area contributed by atoms with E-state index in [4.69, 9.17) is 0 Å². The van der Waals surface area contributed by atoms with Gasteiger partial charge in [-0.25, -0.2) is 9.80 Å². The number of imide groups is 2. The zero-order chi connectivity index (χ0) is 32.6. The SMILES string of the molecule is Cc1cc2c3c(ccc4c3c1C(=O)N(c1c(C(C)C)cccc1C(C)C)C4=O)C(=O)N(c1c(C(C)C)cccc1C(C)C)C2=O. The highest BCUT2D eigenvalue weighted by Crippen LogP contribution is 2.46. The second-order valence-corrected chi connectivity index (χ2v) is 13.6. The third kappa shape index (κ3) is 4.37. The fourth-order valence-corrected chi connectivity index (χ4v) is 7.10. The second-order valence-electron chi connectivity index (χ2n) is 13.6. The number of hydrogen-bond acceptors (Lipinski definition) is 4. The molecule has 230 valence electrons. The molecule has 0 saturated carbocycles. The van der Waals surface area contributed by atoms with Crippen LogP contribution in [0.1, 0.15) is 148 Å². The highest BCUT2D eigenvalue weighted by molar-refractivity contribution is 6.42. The molecular formula is C39H40N2O4. The van der Waals surface area contributed by atoms with Crippen LogP contribution in [0.3, 0.4) is 0 Å². The number of anilines is 2. The van der Waals surface area contributed by atoms with Crippen LogP contribution in [-0.4, -0.2) is 23.6 Å². The lowest BCUT2D eigenvalue weighted by atomic mass is 9.82. The van der Waals surface area contributed by atoms with E-state index in [1.807, 2.05) is 36.4 Å². The van der Waals surface area contributed by atoms with Gasteiger partial charge in [-0.05, 0) is 76.6 Å². The van der Waals surface area contributed by atoms with Crippen LogP contribution in [0.2, 0.25) is 0 Å². The van der Waals surface area contributed by atoms with Crippen molar-refractivity contribution in [3.05, 3.63) is 105 Å². The average molecular weight is 601 g/mol. The number of amides is 4. The molecule has 6 heteroatoms. The first-order valence-corrected chi connectivity index (χ1v) is 15.9. The van der Waals surface area contributed by atoms with Crippen LogP contribution in [0.25, 0.3) is 10.8 Å². The monoisotopic (exact) mass is 600 g/mol. The van der Waals surface area contributed by atoms with E-state index >= 15 is 0 Å². The van der Waals surface area contributed by atoms with Crippen LogP contribution in [0.15, 0.2) is 54.6 Å². The minimum Gasteiger partial charge on any atom is -0.268 e. The highest BCUT2D eigenvalue weighted by Gasteiger charge is 2.43. The number of benzene rings is 4. The molecule has 6 nitrogen and oxygen atoms in total. The van der Waals surface area contributed by atoms with Crippen molar-refractivity contribution in [3.63, 3.8) is 0 Å². The average Bonchev–Trinajstić information content (AvgIpc) is 2.98. The zero-order valence-electron chi connectivity index (χ0n) is 27.5. The summed E-state index contributed by atoms with van der Waals surface area (Å²) in [5, 5.41) is 0.777. The third-order valence-corrected chi connectivity index (χ3v) is 9.33. The van der Waals surface area contributed by atoms with Crippen LogP contribution in [0.4, 0.5) is 11.4 Å². The van der Waals surface area contributed by atoms with Gasteiger partial charge in [-0.1, -0.05) is 91.8 Å². The molecule has 4 aromatic carbocycles. The van der Waals surface area contributed by atoms with E-state index in [1.165, 1.54) is 9.80 Å². The number of carbonyl (C=O) groups excluding carboxylic acids is 4. The summed E-state index contributed by atoms with van der Waals surface area (Å²) in [6.45, 7) is 18.2. The number of aryl methyl sites for hydroxylation is 1. The fraction of sp³-hybridized carbons (Fsp3) is 0.333. The van der Waals surface area contributed by atoms with Crippen LogP contribution >= 0.6 is 0 Å². The zero-order valence-corrected chi connectivity index (χ0v) is 27.5. The lowest BCUT2D eigenvalue weighted by Crippen LogP contribution is -2.45. The number of hydrogen-bond donors (Lipinski definition) is 0. The minimum atomic E-state index is -0.446. The normalized spacial score (nSPS) is 14.8. The Labute approximate surface area is 265 Å². The van der Waals surface area contributed by atoms with Gasteiger partial charge >= 0.3 is 0 Å². The van der Waals surface area contributed by atoms with Gasteiger partial charge in [0.25, 0.3) is 23.6 Å². The van der Waals surface area contributed by atoms with E-state index in [2.05, 4.69) is 55.4 Å². The summed E-state index contributed by atoms with van der Waals surface area (Å²) in [5.41, 5.74) is 6.83. The molecule has 4 aromatic rings. The largest absolute Gasteiger partial charge is 0.268 e. The van der Waals surface area contributed by atoms with Crippen molar-refractivity contribution < 1.29 is 19.2 Å². The Morgan fingerprint density at radius 2 is 0.822 bits per heavy atom. The molecule has 4 amide bonds. The van der Waals surface area contributed by atoms with Crippen LogP contribution < -0.4 is 9.80 Å². The molecule has 0 atom stereocenters. The predicted octanol–water partition coefficient (Wildman–Crippen LogP) is 9.24. The number of carbonyl (C=O) groups is 4. The maximum absolute atomic E-state index is 14.5. The maximum atomic E-state index is 14.5. The lowest BCUT2D eigenvalue weighted by molar-refractivity contribution is 0.0872. The molecule has 2 aliphatic heterocycles. The van der Waals surface area contributed by atoms with E-state index in [0.717, 1.165) is 22.3 Å². The Hall–Kier alpha value is -4.58. The quantitative estimate of drug-likeness (QED) is 0.207. The molecule has 0 bridgehead atoms. The van der Waals surface area contributed by atoms with Crippen molar-refractivity contribution in [1.82, 2.24) is 0 Å². The summed E-state index contributed by atoms with van der Waals surface area (Å²) >= 11 is 0. The first kappa shape index (κ1) is 30.4. The lowest BCUT2D eigenvalue weighted by Gasteiger charge is -2.36. The van der Waals surface area contributed by atoms with Crippen molar-refractivity contribution >= 4 is 45.8 Å². The maximum Gasteiger partial charge on any atom is 0.266 e. The van der Waals surface area contributed by atoms with Gasteiger partial charge in [0.2, 0.25) is 0 Å². The summed E-state index contributed by atoms with van der Waals surface area (Å²) in [7, 11) is 0. The molecule has 0 aliphatic carbocycles. The van der Waals surface area contributed by atoms with Crippen molar-refractivity contribution in [3.8, 4) is 0 Å². The summed E-state index contributed by atoms with van der Waals surface area (Å²) < 4.78 is 0. The van der Waals surface area contributed by atoms with Gasteiger partial charge < -0.3 is 0 Å². The van der Waals surface area contributed by atoms with Crippen LogP contribution in [-0.2, 0) is 0 Å². The third-order valence-electron chi connectivity index (χ3n) is 9.33. The van der Waals surface area contributed by atoms with Crippen LogP contribution in [0, 0.1) is 6.92 Å². The Morgan fingerprint density at radius 1 is 0.467 bits per heavy atom. The second kappa shape index (κ2) is 10.8. The number of nitrogens with zero attached hydrogens (tertiary/aromatic N) is 2. The standard InChI is InChI=1S/C39H40N2O4/c1-19(2)24-12-10-13-25(20(3)4)34(24)40-36(42)28-16-17-29-33-31(23(9)18-30(32(28)33)38(40)44)39(45)41(37(29)43)35-26(21(5)6)14-11-15-27(35)22(7)8/h10-22H,1-9H3. The predicted molar refractivity (Wildman–Crippen MR) is 180 cm³/mol. The van der Waals surface area contributed by atoms with Crippen molar-refractivity contribution in [2.75, 3.05) is 9.80 Å². The van der Waals surface area contributed by atoms with Gasteiger partial charge in [-0.15, -0.1) is 0 Å². The molecule has 6 rings (SSSR count). The molecule has 2 aliphatic rings. The van der Waals surface area contributed by atoms with Gasteiger partial charge in [0.05, 0.1) is 16.9 Å². The Morgan fingerprint density at radius 3 is 1.22 bits per heavy atom. The molecule has 0 aromatic heterocycles. The van der Waals surface area contributed by atoms with Gasteiger partial charge in [-0.3, -0.25) is 19.2 Å².